The van der Waals surface area contributed by atoms with Crippen molar-refractivity contribution in [3.63, 3.8) is 0 Å². The van der Waals surface area contributed by atoms with Crippen LogP contribution in [0.1, 0.15) is 57.6 Å². The number of alkyl carbamates (subject to hydrolysis) is 1. The lowest BCUT2D eigenvalue weighted by atomic mass is 9.90. The number of amides is 2. The van der Waals surface area contributed by atoms with Crippen molar-refractivity contribution in [2.24, 2.45) is 5.92 Å². The van der Waals surface area contributed by atoms with Crippen LogP contribution in [-0.4, -0.2) is 41.3 Å². The van der Waals surface area contributed by atoms with Crippen LogP contribution < -0.4 is 10.6 Å². The van der Waals surface area contributed by atoms with Crippen LogP contribution in [0.3, 0.4) is 0 Å². The number of ether oxygens (including phenoxy) is 1. The van der Waals surface area contributed by atoms with Crippen LogP contribution in [0.5, 0.6) is 0 Å². The zero-order valence-corrected chi connectivity index (χ0v) is 19.6. The monoisotopic (exact) mass is 452 g/mol. The molecule has 1 unspecified atom stereocenters. The van der Waals surface area contributed by atoms with Gasteiger partial charge in [0.05, 0.1) is 0 Å². The number of aliphatic carboxylic acids is 1. The van der Waals surface area contributed by atoms with Gasteiger partial charge in [-0.3, -0.25) is 4.79 Å². The molecule has 33 heavy (non-hydrogen) atoms. The van der Waals surface area contributed by atoms with Gasteiger partial charge in [-0.05, 0) is 41.0 Å². The minimum Gasteiger partial charge on any atom is -0.480 e. The summed E-state index contributed by atoms with van der Waals surface area (Å²) in [4.78, 5) is 37.3. The molecule has 0 saturated heterocycles. The highest BCUT2D eigenvalue weighted by molar-refractivity contribution is 5.92. The zero-order chi connectivity index (χ0) is 24.2. The van der Waals surface area contributed by atoms with Gasteiger partial charge in [0.2, 0.25) is 5.91 Å². The van der Waals surface area contributed by atoms with Crippen molar-refractivity contribution in [1.82, 2.24) is 10.6 Å². The lowest BCUT2D eigenvalue weighted by Crippen LogP contribution is -2.61. The summed E-state index contributed by atoms with van der Waals surface area (Å²) < 4.78 is 5.60. The summed E-state index contributed by atoms with van der Waals surface area (Å²) in [5.41, 5.74) is 3.20. The minimum atomic E-state index is -1.26. The third-order valence-electron chi connectivity index (χ3n) is 6.55. The molecule has 0 bridgehead atoms. The van der Waals surface area contributed by atoms with Crippen LogP contribution in [0.15, 0.2) is 48.5 Å². The van der Waals surface area contributed by atoms with Gasteiger partial charge in [0.25, 0.3) is 0 Å². The first kappa shape index (κ1) is 24.3. The van der Waals surface area contributed by atoms with Crippen LogP contribution in [-0.2, 0) is 14.3 Å². The van der Waals surface area contributed by atoms with E-state index in [2.05, 4.69) is 22.8 Å². The fraction of sp³-hybridized carbons (Fsp3) is 0.423. The molecule has 1 aliphatic rings. The summed E-state index contributed by atoms with van der Waals surface area (Å²) in [6.45, 7) is 7.12. The first-order valence-electron chi connectivity index (χ1n) is 11.4. The van der Waals surface area contributed by atoms with E-state index in [9.17, 15) is 19.5 Å². The first-order valence-corrected chi connectivity index (χ1v) is 11.4. The maximum atomic E-state index is 13.0. The summed E-state index contributed by atoms with van der Waals surface area (Å²) in [5.74, 6) is -2.03. The van der Waals surface area contributed by atoms with Crippen molar-refractivity contribution >= 4 is 18.0 Å². The lowest BCUT2D eigenvalue weighted by Gasteiger charge is -2.33. The van der Waals surface area contributed by atoms with Gasteiger partial charge < -0.3 is 20.5 Å². The number of hydrogen-bond donors (Lipinski definition) is 3. The Bertz CT molecular complexity index is 983. The van der Waals surface area contributed by atoms with Crippen molar-refractivity contribution in [1.29, 1.82) is 0 Å². The highest BCUT2D eigenvalue weighted by atomic mass is 16.5. The molecule has 0 heterocycles. The quantitative estimate of drug-likeness (QED) is 0.526. The molecule has 0 saturated carbocycles. The third-order valence-corrected chi connectivity index (χ3v) is 6.55. The predicted molar refractivity (Wildman–Crippen MR) is 126 cm³/mol. The van der Waals surface area contributed by atoms with Crippen LogP contribution >= 0.6 is 0 Å². The number of hydrogen-bond acceptors (Lipinski definition) is 4. The average Bonchev–Trinajstić information content (AvgIpc) is 3.13. The molecule has 2 aromatic rings. The topological polar surface area (TPSA) is 105 Å². The molecular weight excluding hydrogens is 420 g/mol. The van der Waals surface area contributed by atoms with Gasteiger partial charge in [0.15, 0.2) is 0 Å². The van der Waals surface area contributed by atoms with E-state index in [0.717, 1.165) is 22.3 Å². The largest absolute Gasteiger partial charge is 0.480 e. The maximum absolute atomic E-state index is 13.0. The van der Waals surface area contributed by atoms with E-state index < -0.39 is 29.6 Å². The van der Waals surface area contributed by atoms with E-state index in [0.29, 0.717) is 12.8 Å². The Morgan fingerprint density at radius 2 is 1.48 bits per heavy atom. The Morgan fingerprint density at radius 3 is 1.94 bits per heavy atom. The molecular formula is C26H32N2O5. The molecule has 3 rings (SSSR count). The number of nitrogens with one attached hydrogen (secondary N) is 2. The Kier molecular flexibility index (Phi) is 7.41. The summed E-state index contributed by atoms with van der Waals surface area (Å²) in [5, 5.41) is 14.7. The first-order chi connectivity index (χ1) is 15.7. The van der Waals surface area contributed by atoms with E-state index in [1.54, 1.807) is 27.7 Å². The molecule has 2 amide bonds. The maximum Gasteiger partial charge on any atom is 0.408 e. The molecule has 1 atom stereocenters. The highest BCUT2D eigenvalue weighted by Gasteiger charge is 2.40. The second-order valence-electron chi connectivity index (χ2n) is 8.77. The van der Waals surface area contributed by atoms with Gasteiger partial charge in [-0.15, -0.1) is 0 Å². The number of carboxylic acids is 1. The molecule has 0 aromatic heterocycles. The van der Waals surface area contributed by atoms with E-state index in [4.69, 9.17) is 4.74 Å². The molecule has 0 radical (unpaired) electrons. The second kappa shape index (κ2) is 10.1. The van der Waals surface area contributed by atoms with Gasteiger partial charge in [-0.2, -0.15) is 0 Å². The Balaban J connectivity index is 1.72. The Hall–Kier alpha value is -3.35. The molecule has 2 aromatic carbocycles. The van der Waals surface area contributed by atoms with Gasteiger partial charge >= 0.3 is 12.1 Å². The van der Waals surface area contributed by atoms with Crippen LogP contribution in [0.25, 0.3) is 11.1 Å². The van der Waals surface area contributed by atoms with E-state index in [-0.39, 0.29) is 18.4 Å². The molecule has 0 aliphatic heterocycles. The van der Waals surface area contributed by atoms with E-state index in [1.165, 1.54) is 0 Å². The smallest absolute Gasteiger partial charge is 0.408 e. The second-order valence-corrected chi connectivity index (χ2v) is 8.77. The van der Waals surface area contributed by atoms with Crippen LogP contribution in [0, 0.1) is 5.92 Å². The molecule has 1 aliphatic carbocycles. The van der Waals surface area contributed by atoms with Gasteiger partial charge in [0, 0.05) is 5.92 Å². The van der Waals surface area contributed by atoms with Crippen LogP contribution in [0.2, 0.25) is 0 Å². The summed E-state index contributed by atoms with van der Waals surface area (Å²) in [6.07, 6.45) is -0.111. The zero-order valence-electron chi connectivity index (χ0n) is 19.6. The van der Waals surface area contributed by atoms with Crippen molar-refractivity contribution in [3.05, 3.63) is 59.7 Å². The molecule has 7 heteroatoms. The van der Waals surface area contributed by atoms with Gasteiger partial charge in [0.1, 0.15) is 18.2 Å². The SMILES string of the molecule is CCC(CC)(NC(=O)OCC1c2ccccc2-c2ccccc21)C(=O)NC(C(=O)O)C(C)C. The Morgan fingerprint density at radius 1 is 0.970 bits per heavy atom. The average molecular weight is 453 g/mol. The number of carbonyl (C=O) groups excluding carboxylic acids is 2. The fourth-order valence-corrected chi connectivity index (χ4v) is 4.43. The molecule has 7 nitrogen and oxygen atoms in total. The number of rotatable bonds is 9. The molecule has 0 spiro atoms. The van der Waals surface area contributed by atoms with Crippen LogP contribution in [0.4, 0.5) is 4.79 Å². The number of benzene rings is 2. The number of carboxylic acid groups (broad SMARTS) is 1. The predicted octanol–water partition coefficient (Wildman–Crippen LogP) is 4.31. The van der Waals surface area contributed by atoms with Crippen molar-refractivity contribution in [2.75, 3.05) is 6.61 Å². The van der Waals surface area contributed by atoms with Gasteiger partial charge in [-0.25, -0.2) is 9.59 Å². The highest BCUT2D eigenvalue weighted by Crippen LogP contribution is 2.44. The third kappa shape index (κ3) is 4.87. The normalized spacial score (nSPS) is 13.7. The van der Waals surface area contributed by atoms with Crippen molar-refractivity contribution < 1.29 is 24.2 Å². The summed E-state index contributed by atoms with van der Waals surface area (Å²) in [6, 6.07) is 15.1. The minimum absolute atomic E-state index is 0.0908. The summed E-state index contributed by atoms with van der Waals surface area (Å²) >= 11 is 0. The van der Waals surface area contributed by atoms with Gasteiger partial charge in [-0.1, -0.05) is 76.2 Å². The number of fused-ring (bicyclic) bond motifs is 3. The van der Waals surface area contributed by atoms with Crippen molar-refractivity contribution in [3.8, 4) is 11.1 Å². The van der Waals surface area contributed by atoms with E-state index >= 15 is 0 Å². The summed E-state index contributed by atoms with van der Waals surface area (Å²) in [7, 11) is 0. The standard InChI is InChI=1S/C26H32N2O5/c1-5-26(6-2,24(31)27-22(16(3)4)23(29)30)28-25(32)33-15-21-19-13-9-7-11-17(19)18-12-8-10-14-20(18)21/h7-14,16,21-22H,5-6,15H2,1-4H3,(H,27,31)(H,28,32)(H,29,30). The lowest BCUT2D eigenvalue weighted by molar-refractivity contribution is -0.144. The molecule has 3 N–H and O–H groups in total. The number of carbonyl (C=O) groups is 3. The fourth-order valence-electron chi connectivity index (χ4n) is 4.43. The molecule has 0 fully saturated rings. The molecule has 176 valence electrons. The van der Waals surface area contributed by atoms with Crippen molar-refractivity contribution in [2.45, 2.75) is 58.0 Å². The van der Waals surface area contributed by atoms with E-state index in [1.807, 2.05) is 36.4 Å². The Labute approximate surface area is 194 Å².